The van der Waals surface area contributed by atoms with Crippen LogP contribution in [-0.4, -0.2) is 25.7 Å². The number of ether oxygens (including phenoxy) is 3. The highest BCUT2D eigenvalue weighted by molar-refractivity contribution is 6.04. The van der Waals surface area contributed by atoms with Crippen LogP contribution in [0.3, 0.4) is 0 Å². The van der Waals surface area contributed by atoms with E-state index in [0.717, 1.165) is 5.56 Å². The van der Waals surface area contributed by atoms with Crippen molar-refractivity contribution in [2.75, 3.05) is 13.7 Å². The van der Waals surface area contributed by atoms with Gasteiger partial charge in [0.2, 0.25) is 0 Å². The maximum Gasteiger partial charge on any atom is 0.338 e. The van der Waals surface area contributed by atoms with Gasteiger partial charge >= 0.3 is 12.0 Å². The van der Waals surface area contributed by atoms with E-state index in [1.807, 2.05) is 42.5 Å². The fourth-order valence-electron chi connectivity index (χ4n) is 3.58. The molecule has 1 unspecified atom stereocenters. The van der Waals surface area contributed by atoms with E-state index < -0.39 is 18.0 Å². The van der Waals surface area contributed by atoms with Crippen molar-refractivity contribution >= 4 is 17.7 Å². The predicted octanol–water partition coefficient (Wildman–Crippen LogP) is 4.82. The van der Waals surface area contributed by atoms with Gasteiger partial charge in [-0.2, -0.15) is 0 Å². The van der Waals surface area contributed by atoms with Gasteiger partial charge in [0.15, 0.2) is 0 Å². The molecule has 0 bridgehead atoms. The first-order valence-corrected chi connectivity index (χ1v) is 10.5. The van der Waals surface area contributed by atoms with Crippen molar-refractivity contribution in [2.45, 2.75) is 13.0 Å². The second-order valence-electron chi connectivity index (χ2n) is 7.25. The van der Waals surface area contributed by atoms with Crippen LogP contribution in [0.1, 0.15) is 24.1 Å². The van der Waals surface area contributed by atoms with Gasteiger partial charge < -0.3 is 24.8 Å². The van der Waals surface area contributed by atoms with Crippen molar-refractivity contribution in [3.05, 3.63) is 95.6 Å². The van der Waals surface area contributed by atoms with Crippen LogP contribution in [-0.2, 0) is 9.53 Å². The van der Waals surface area contributed by atoms with E-state index in [2.05, 4.69) is 10.6 Å². The third-order valence-corrected chi connectivity index (χ3v) is 5.14. The fraction of sp³-hybridized carbons (Fsp3) is 0.154. The summed E-state index contributed by atoms with van der Waals surface area (Å²) in [6.07, 6.45) is 0. The average molecular weight is 444 g/mol. The number of benzene rings is 3. The molecule has 1 heterocycles. The number of rotatable bonds is 7. The summed E-state index contributed by atoms with van der Waals surface area (Å²) in [7, 11) is 1.58. The summed E-state index contributed by atoms with van der Waals surface area (Å²) in [5, 5.41) is 5.61. The van der Waals surface area contributed by atoms with E-state index in [0.29, 0.717) is 34.1 Å². The lowest BCUT2D eigenvalue weighted by Gasteiger charge is -2.29. The molecule has 0 spiro atoms. The minimum absolute atomic E-state index is 0.211. The van der Waals surface area contributed by atoms with Gasteiger partial charge in [-0.25, -0.2) is 9.59 Å². The monoisotopic (exact) mass is 444 g/mol. The third kappa shape index (κ3) is 4.98. The molecule has 4 rings (SSSR count). The van der Waals surface area contributed by atoms with Crippen LogP contribution in [0.5, 0.6) is 17.2 Å². The van der Waals surface area contributed by atoms with Gasteiger partial charge in [-0.3, -0.25) is 0 Å². The summed E-state index contributed by atoms with van der Waals surface area (Å²) in [6, 6.07) is 22.7. The Labute approximate surface area is 192 Å². The van der Waals surface area contributed by atoms with Gasteiger partial charge in [-0.15, -0.1) is 0 Å². The lowest BCUT2D eigenvalue weighted by Crippen LogP contribution is -2.45. The summed E-state index contributed by atoms with van der Waals surface area (Å²) < 4.78 is 16.4. The topological polar surface area (TPSA) is 85.9 Å². The van der Waals surface area contributed by atoms with Crippen molar-refractivity contribution in [1.82, 2.24) is 10.6 Å². The van der Waals surface area contributed by atoms with Crippen LogP contribution in [0.25, 0.3) is 5.70 Å². The molecular formula is C26H24N2O5. The molecule has 1 aliphatic rings. The minimum atomic E-state index is -0.694. The Hall–Kier alpha value is -4.26. The Kier molecular flexibility index (Phi) is 6.59. The first-order valence-electron chi connectivity index (χ1n) is 10.5. The summed E-state index contributed by atoms with van der Waals surface area (Å²) >= 11 is 0. The van der Waals surface area contributed by atoms with Crippen LogP contribution in [0, 0.1) is 0 Å². The second-order valence-corrected chi connectivity index (χ2v) is 7.25. The lowest BCUT2D eigenvalue weighted by atomic mass is 9.92. The Bertz CT molecular complexity index is 1160. The number of carbonyl (C=O) groups is 2. The van der Waals surface area contributed by atoms with Gasteiger partial charge in [0.25, 0.3) is 0 Å². The molecule has 168 valence electrons. The Balaban J connectivity index is 1.71. The highest BCUT2D eigenvalue weighted by Crippen LogP contribution is 2.33. The molecule has 0 aromatic heterocycles. The number of hydrogen-bond acceptors (Lipinski definition) is 5. The van der Waals surface area contributed by atoms with Crippen molar-refractivity contribution in [3.63, 3.8) is 0 Å². The first-order chi connectivity index (χ1) is 16.1. The zero-order valence-corrected chi connectivity index (χ0v) is 18.3. The molecule has 0 saturated heterocycles. The Morgan fingerprint density at radius 1 is 0.879 bits per heavy atom. The molecule has 1 aliphatic heterocycles. The quantitative estimate of drug-likeness (QED) is 0.511. The van der Waals surface area contributed by atoms with Crippen molar-refractivity contribution in [3.8, 4) is 17.2 Å². The molecule has 2 N–H and O–H groups in total. The van der Waals surface area contributed by atoms with Crippen molar-refractivity contribution in [2.24, 2.45) is 0 Å². The number of para-hydroxylation sites is 1. The zero-order valence-electron chi connectivity index (χ0n) is 18.3. The average Bonchev–Trinajstić information content (AvgIpc) is 2.85. The number of esters is 1. The van der Waals surface area contributed by atoms with Gasteiger partial charge in [-0.05, 0) is 66.6 Å². The van der Waals surface area contributed by atoms with Gasteiger partial charge in [-0.1, -0.05) is 30.3 Å². The summed E-state index contributed by atoms with van der Waals surface area (Å²) in [5.41, 5.74) is 2.11. The van der Waals surface area contributed by atoms with Gasteiger partial charge in [0.05, 0.1) is 31.0 Å². The van der Waals surface area contributed by atoms with Crippen LogP contribution in [0.2, 0.25) is 0 Å². The minimum Gasteiger partial charge on any atom is -0.497 e. The van der Waals surface area contributed by atoms with Gasteiger partial charge in [0, 0.05) is 0 Å². The smallest absolute Gasteiger partial charge is 0.338 e. The SMILES string of the molecule is CCOC(=O)C1=C(c2ccc(OC)cc2)NC(=O)NC1c1ccc(Oc2ccccc2)cc1. The standard InChI is InChI=1S/C26H24N2O5/c1-3-32-25(29)22-23(17-9-13-19(31-2)14-10-17)27-26(30)28-24(22)18-11-15-21(16-12-18)33-20-7-5-4-6-8-20/h4-16,24H,3H2,1-2H3,(H2,27,28,30). The van der Waals surface area contributed by atoms with E-state index in [1.54, 1.807) is 50.4 Å². The van der Waals surface area contributed by atoms with E-state index in [-0.39, 0.29) is 6.61 Å². The largest absolute Gasteiger partial charge is 0.497 e. The second kappa shape index (κ2) is 9.91. The molecule has 1 atom stereocenters. The zero-order chi connectivity index (χ0) is 23.2. The van der Waals surface area contributed by atoms with Crippen LogP contribution in [0.15, 0.2) is 84.4 Å². The number of urea groups is 1. The molecule has 0 radical (unpaired) electrons. The summed E-state index contributed by atoms with van der Waals surface area (Å²) in [6.45, 7) is 1.95. The molecule has 7 nitrogen and oxygen atoms in total. The van der Waals surface area contributed by atoms with Crippen LogP contribution >= 0.6 is 0 Å². The predicted molar refractivity (Wildman–Crippen MR) is 124 cm³/mol. The molecule has 7 heteroatoms. The maximum absolute atomic E-state index is 13.0. The van der Waals surface area contributed by atoms with Crippen molar-refractivity contribution < 1.29 is 23.8 Å². The highest BCUT2D eigenvalue weighted by atomic mass is 16.5. The molecule has 33 heavy (non-hydrogen) atoms. The number of methoxy groups -OCH3 is 1. The number of carbonyl (C=O) groups excluding carboxylic acids is 2. The van der Waals surface area contributed by atoms with E-state index in [9.17, 15) is 9.59 Å². The molecule has 3 aromatic rings. The van der Waals surface area contributed by atoms with Crippen LogP contribution < -0.4 is 20.1 Å². The molecule has 0 fully saturated rings. The van der Waals surface area contributed by atoms with Crippen molar-refractivity contribution in [1.29, 1.82) is 0 Å². The van der Waals surface area contributed by atoms with Crippen LogP contribution in [0.4, 0.5) is 4.79 Å². The highest BCUT2D eigenvalue weighted by Gasteiger charge is 2.34. The molecular weight excluding hydrogens is 420 g/mol. The molecule has 2 amide bonds. The maximum atomic E-state index is 13.0. The summed E-state index contributed by atoms with van der Waals surface area (Å²) in [5.74, 6) is 1.52. The number of amides is 2. The Morgan fingerprint density at radius 2 is 1.52 bits per heavy atom. The normalized spacial score (nSPS) is 15.3. The number of nitrogens with one attached hydrogen (secondary N) is 2. The van der Waals surface area contributed by atoms with Gasteiger partial charge in [0.1, 0.15) is 17.2 Å². The molecule has 0 aliphatic carbocycles. The van der Waals surface area contributed by atoms with E-state index in [1.165, 1.54) is 0 Å². The van der Waals surface area contributed by atoms with E-state index >= 15 is 0 Å². The number of hydrogen-bond donors (Lipinski definition) is 2. The Morgan fingerprint density at radius 3 is 2.15 bits per heavy atom. The fourth-order valence-corrected chi connectivity index (χ4v) is 3.58. The lowest BCUT2D eigenvalue weighted by molar-refractivity contribution is -0.138. The first kappa shape index (κ1) is 22.0. The molecule has 3 aromatic carbocycles. The summed E-state index contributed by atoms with van der Waals surface area (Å²) in [4.78, 5) is 25.5. The van der Waals surface area contributed by atoms with E-state index in [4.69, 9.17) is 14.2 Å². The third-order valence-electron chi connectivity index (χ3n) is 5.14. The molecule has 0 saturated carbocycles.